The van der Waals surface area contributed by atoms with Crippen LogP contribution in [0.15, 0.2) is 60.3 Å². The van der Waals surface area contributed by atoms with E-state index in [1.807, 2.05) is 61.5 Å². The second-order valence-corrected chi connectivity index (χ2v) is 5.91. The summed E-state index contributed by atoms with van der Waals surface area (Å²) in [7, 11) is 1.61. The average Bonchev–Trinajstić information content (AvgIpc) is 2.89. The lowest BCUT2D eigenvalue weighted by Crippen LogP contribution is -2.33. The number of ether oxygens (including phenoxy) is 1. The molecule has 122 valence electrons. The number of hydrogen-bond donors (Lipinski definition) is 1. The van der Waals surface area contributed by atoms with Crippen LogP contribution < -0.4 is 10.1 Å². The fourth-order valence-corrected chi connectivity index (χ4v) is 3.03. The van der Waals surface area contributed by atoms with E-state index in [1.54, 1.807) is 18.1 Å². The molecule has 2 aromatic carbocycles. The van der Waals surface area contributed by atoms with Crippen LogP contribution in [0.2, 0.25) is 0 Å². The molecular weight excluding hydrogens is 320 g/mol. The van der Waals surface area contributed by atoms with Gasteiger partial charge in [-0.25, -0.2) is 0 Å². The van der Waals surface area contributed by atoms with E-state index in [0.717, 1.165) is 16.9 Å². The molecule has 1 aliphatic heterocycles. The van der Waals surface area contributed by atoms with E-state index < -0.39 is 0 Å². The minimum absolute atomic E-state index is 0.126. The summed E-state index contributed by atoms with van der Waals surface area (Å²) in [4.78, 5) is 14.4. The van der Waals surface area contributed by atoms with Crippen LogP contribution in [0, 0.1) is 0 Å². The van der Waals surface area contributed by atoms with Crippen LogP contribution in [0.1, 0.15) is 24.1 Å². The fraction of sp³-hybridized carbons (Fsp3) is 0.158. The number of methoxy groups -OCH3 is 1. The first-order chi connectivity index (χ1) is 11.6. The van der Waals surface area contributed by atoms with Crippen LogP contribution in [0.4, 0.5) is 0 Å². The van der Waals surface area contributed by atoms with Crippen LogP contribution in [-0.4, -0.2) is 23.0 Å². The summed E-state index contributed by atoms with van der Waals surface area (Å²) in [5.74, 6) is 0.617. The Morgan fingerprint density at radius 2 is 1.92 bits per heavy atom. The zero-order chi connectivity index (χ0) is 17.1. The zero-order valence-corrected chi connectivity index (χ0v) is 14.3. The highest BCUT2D eigenvalue weighted by Gasteiger charge is 2.34. The monoisotopic (exact) mass is 338 g/mol. The lowest BCUT2D eigenvalue weighted by molar-refractivity contribution is -0.123. The van der Waals surface area contributed by atoms with Gasteiger partial charge in [0.1, 0.15) is 11.4 Å². The highest BCUT2D eigenvalue weighted by atomic mass is 32.1. The van der Waals surface area contributed by atoms with Gasteiger partial charge < -0.3 is 10.1 Å². The Hall–Kier alpha value is -2.66. The van der Waals surface area contributed by atoms with Gasteiger partial charge in [0.15, 0.2) is 5.11 Å². The van der Waals surface area contributed by atoms with Gasteiger partial charge >= 0.3 is 0 Å². The molecule has 1 N–H and O–H groups in total. The van der Waals surface area contributed by atoms with Crippen molar-refractivity contribution in [3.63, 3.8) is 0 Å². The summed E-state index contributed by atoms with van der Waals surface area (Å²) in [6.45, 7) is 1.97. The van der Waals surface area contributed by atoms with Crippen molar-refractivity contribution < 1.29 is 9.53 Å². The molecule has 0 aromatic heterocycles. The van der Waals surface area contributed by atoms with Gasteiger partial charge in [-0.1, -0.05) is 42.5 Å². The van der Waals surface area contributed by atoms with Crippen molar-refractivity contribution in [1.82, 2.24) is 10.2 Å². The first kappa shape index (κ1) is 16.2. The highest BCUT2D eigenvalue weighted by molar-refractivity contribution is 7.80. The van der Waals surface area contributed by atoms with Crippen molar-refractivity contribution in [3.05, 3.63) is 71.4 Å². The number of nitrogens with one attached hydrogen (secondary N) is 1. The van der Waals surface area contributed by atoms with Gasteiger partial charge in [-0.2, -0.15) is 0 Å². The van der Waals surface area contributed by atoms with Crippen molar-refractivity contribution >= 4 is 29.3 Å². The molecule has 0 saturated carbocycles. The summed E-state index contributed by atoms with van der Waals surface area (Å²) in [6, 6.07) is 17.2. The van der Waals surface area contributed by atoms with Crippen molar-refractivity contribution in [3.8, 4) is 5.75 Å². The number of nitrogens with zero attached hydrogens (tertiary/aromatic N) is 1. The molecule has 5 heteroatoms. The molecule has 1 fully saturated rings. The van der Waals surface area contributed by atoms with Crippen LogP contribution >= 0.6 is 12.2 Å². The number of amides is 1. The Labute approximate surface area is 146 Å². The van der Waals surface area contributed by atoms with Crippen LogP contribution in [0.25, 0.3) is 6.08 Å². The summed E-state index contributed by atoms with van der Waals surface area (Å²) < 4.78 is 5.21. The number of benzene rings is 2. The number of carbonyl (C=O) groups is 1. The SMILES string of the molecule is COc1cccc(/C=C2\NC(=S)N(C(C)c3ccccc3)C2=O)c1. The normalized spacial score (nSPS) is 17.1. The predicted octanol–water partition coefficient (Wildman–Crippen LogP) is 3.51. The number of hydrogen-bond acceptors (Lipinski definition) is 3. The fourth-order valence-electron chi connectivity index (χ4n) is 2.68. The third kappa shape index (κ3) is 3.16. The molecule has 0 spiro atoms. The van der Waals surface area contributed by atoms with Crippen LogP contribution in [0.5, 0.6) is 5.75 Å². The molecule has 24 heavy (non-hydrogen) atoms. The Morgan fingerprint density at radius 3 is 2.62 bits per heavy atom. The number of carbonyl (C=O) groups excluding carboxylic acids is 1. The summed E-state index contributed by atoms with van der Waals surface area (Å²) in [5.41, 5.74) is 2.39. The molecule has 1 atom stereocenters. The van der Waals surface area contributed by atoms with Gasteiger partial charge in [-0.15, -0.1) is 0 Å². The predicted molar refractivity (Wildman–Crippen MR) is 98.4 cm³/mol. The molecule has 0 radical (unpaired) electrons. The van der Waals surface area contributed by atoms with Gasteiger partial charge in [0, 0.05) is 0 Å². The lowest BCUT2D eigenvalue weighted by Gasteiger charge is -2.23. The standard InChI is InChI=1S/C19H18N2O2S/c1-13(15-8-4-3-5-9-15)21-18(22)17(20-19(21)24)12-14-7-6-10-16(11-14)23-2/h3-13H,1-2H3,(H,20,24)/b17-12-. The molecule has 4 nitrogen and oxygen atoms in total. The van der Waals surface area contributed by atoms with Gasteiger partial charge in [0.05, 0.1) is 13.2 Å². The van der Waals surface area contributed by atoms with E-state index in [9.17, 15) is 4.79 Å². The van der Waals surface area contributed by atoms with Crippen LogP contribution in [-0.2, 0) is 4.79 Å². The Morgan fingerprint density at radius 1 is 1.17 bits per heavy atom. The van der Waals surface area contributed by atoms with Crippen molar-refractivity contribution in [2.45, 2.75) is 13.0 Å². The molecule has 1 saturated heterocycles. The van der Waals surface area contributed by atoms with Gasteiger partial charge in [-0.05, 0) is 48.5 Å². The molecule has 2 aromatic rings. The largest absolute Gasteiger partial charge is 0.497 e. The topological polar surface area (TPSA) is 41.6 Å². The van der Waals surface area contributed by atoms with Crippen molar-refractivity contribution in [2.75, 3.05) is 7.11 Å². The minimum atomic E-state index is -0.130. The maximum Gasteiger partial charge on any atom is 0.277 e. The summed E-state index contributed by atoms with van der Waals surface area (Å²) in [5, 5.41) is 3.44. The second kappa shape index (κ2) is 6.84. The second-order valence-electron chi connectivity index (χ2n) is 5.53. The smallest absolute Gasteiger partial charge is 0.277 e. The van der Waals surface area contributed by atoms with Gasteiger partial charge in [0.25, 0.3) is 5.91 Å². The third-order valence-electron chi connectivity index (χ3n) is 3.98. The van der Waals surface area contributed by atoms with Gasteiger partial charge in [0.2, 0.25) is 0 Å². The maximum absolute atomic E-state index is 12.8. The number of thiocarbonyl (C=S) groups is 1. The molecular formula is C19H18N2O2S. The average molecular weight is 338 g/mol. The van der Waals surface area contributed by atoms with E-state index in [-0.39, 0.29) is 11.9 Å². The van der Waals surface area contributed by atoms with E-state index in [2.05, 4.69) is 5.32 Å². The first-order valence-corrected chi connectivity index (χ1v) is 8.06. The maximum atomic E-state index is 12.8. The Kier molecular flexibility index (Phi) is 4.62. The minimum Gasteiger partial charge on any atom is -0.497 e. The van der Waals surface area contributed by atoms with E-state index in [0.29, 0.717) is 10.8 Å². The van der Waals surface area contributed by atoms with E-state index in [4.69, 9.17) is 17.0 Å². The highest BCUT2D eigenvalue weighted by Crippen LogP contribution is 2.26. The quantitative estimate of drug-likeness (QED) is 0.684. The molecule has 0 bridgehead atoms. The third-order valence-corrected chi connectivity index (χ3v) is 4.28. The summed E-state index contributed by atoms with van der Waals surface area (Å²) in [6.07, 6.45) is 1.79. The van der Waals surface area contributed by atoms with Gasteiger partial charge in [-0.3, -0.25) is 9.69 Å². The molecule has 1 unspecified atom stereocenters. The molecule has 1 amide bonds. The number of rotatable bonds is 4. The summed E-state index contributed by atoms with van der Waals surface area (Å²) >= 11 is 5.36. The Bertz CT molecular complexity index is 802. The first-order valence-electron chi connectivity index (χ1n) is 7.65. The van der Waals surface area contributed by atoms with Crippen molar-refractivity contribution in [2.24, 2.45) is 0 Å². The molecule has 0 aliphatic carbocycles. The zero-order valence-electron chi connectivity index (χ0n) is 13.5. The molecule has 1 aliphatic rings. The van der Waals surface area contributed by atoms with Crippen molar-refractivity contribution in [1.29, 1.82) is 0 Å². The van der Waals surface area contributed by atoms with Crippen LogP contribution in [0.3, 0.4) is 0 Å². The van der Waals surface area contributed by atoms with E-state index in [1.165, 1.54) is 0 Å². The lowest BCUT2D eigenvalue weighted by atomic mass is 10.1. The Balaban J connectivity index is 1.87. The molecule has 3 rings (SSSR count). The van der Waals surface area contributed by atoms with E-state index >= 15 is 0 Å². The molecule has 1 heterocycles.